The maximum absolute atomic E-state index is 5.96. The largest absolute Gasteiger partial charge is 0.481 e. The first kappa shape index (κ1) is 11.7. The molecule has 2 unspecified atom stereocenters. The average Bonchev–Trinajstić information content (AvgIpc) is 2.37. The monoisotopic (exact) mass is 249 g/mol. The molecule has 0 saturated carbocycles. The summed E-state index contributed by atoms with van der Waals surface area (Å²) in [5, 5.41) is 0. The first-order valence-electron chi connectivity index (χ1n) is 6.34. The molecule has 3 rings (SSSR count). The van der Waals surface area contributed by atoms with E-state index >= 15 is 0 Å². The van der Waals surface area contributed by atoms with E-state index in [2.05, 4.69) is 21.8 Å². The van der Waals surface area contributed by atoms with Crippen molar-refractivity contribution in [2.24, 2.45) is 0 Å². The predicted molar refractivity (Wildman–Crippen MR) is 69.2 cm³/mol. The summed E-state index contributed by atoms with van der Waals surface area (Å²) in [7, 11) is 3.80. The second-order valence-corrected chi connectivity index (χ2v) is 5.04. The molecule has 2 aliphatic rings. The molecule has 2 atom stereocenters. The summed E-state index contributed by atoms with van der Waals surface area (Å²) < 4.78 is 11.1. The van der Waals surface area contributed by atoms with Gasteiger partial charge in [0, 0.05) is 32.2 Å². The van der Waals surface area contributed by atoms with Crippen LogP contribution in [0.3, 0.4) is 0 Å². The van der Waals surface area contributed by atoms with Gasteiger partial charge in [-0.05, 0) is 13.1 Å². The van der Waals surface area contributed by atoms with Crippen LogP contribution in [0.2, 0.25) is 0 Å². The van der Waals surface area contributed by atoms with Crippen LogP contribution in [0.4, 0.5) is 5.82 Å². The van der Waals surface area contributed by atoms with Crippen molar-refractivity contribution in [2.45, 2.75) is 12.2 Å². The van der Waals surface area contributed by atoms with Gasteiger partial charge in [0.1, 0.15) is 5.82 Å². The van der Waals surface area contributed by atoms with Crippen molar-refractivity contribution in [3.63, 3.8) is 0 Å². The molecule has 0 aliphatic carbocycles. The van der Waals surface area contributed by atoms with Gasteiger partial charge in [-0.25, -0.2) is 0 Å². The van der Waals surface area contributed by atoms with Gasteiger partial charge in [-0.1, -0.05) is 6.07 Å². The van der Waals surface area contributed by atoms with Crippen LogP contribution >= 0.6 is 0 Å². The van der Waals surface area contributed by atoms with Gasteiger partial charge in [0.25, 0.3) is 0 Å². The van der Waals surface area contributed by atoms with E-state index in [0.717, 1.165) is 32.0 Å². The Hall–Kier alpha value is -1.33. The highest BCUT2D eigenvalue weighted by molar-refractivity contribution is 5.41. The van der Waals surface area contributed by atoms with E-state index in [4.69, 9.17) is 9.47 Å². The van der Waals surface area contributed by atoms with Crippen LogP contribution in [-0.2, 0) is 4.74 Å². The lowest BCUT2D eigenvalue weighted by molar-refractivity contribution is -0.0876. The topological polar surface area (TPSA) is 37.8 Å². The van der Waals surface area contributed by atoms with Crippen LogP contribution in [-0.4, -0.2) is 62.4 Å². The number of likely N-dealkylation sites (N-methyl/N-ethyl adjacent to an activating group) is 1. The van der Waals surface area contributed by atoms with Crippen molar-refractivity contribution in [1.29, 1.82) is 0 Å². The van der Waals surface area contributed by atoms with Crippen molar-refractivity contribution >= 4 is 5.82 Å². The minimum atomic E-state index is 0.288. The molecule has 1 aromatic rings. The molecule has 5 nitrogen and oxygen atoms in total. The van der Waals surface area contributed by atoms with Crippen molar-refractivity contribution in [3.8, 4) is 5.88 Å². The molecular weight excluding hydrogens is 230 g/mol. The van der Waals surface area contributed by atoms with E-state index in [1.165, 1.54) is 0 Å². The van der Waals surface area contributed by atoms with Crippen LogP contribution in [0, 0.1) is 0 Å². The van der Waals surface area contributed by atoms with E-state index in [1.807, 2.05) is 18.2 Å². The number of hydrogen-bond acceptors (Lipinski definition) is 5. The Balaban J connectivity index is 1.77. The molecule has 5 heteroatoms. The molecule has 2 bridgehead atoms. The number of nitrogens with zero attached hydrogens (tertiary/aromatic N) is 3. The lowest BCUT2D eigenvalue weighted by Gasteiger charge is -2.45. The van der Waals surface area contributed by atoms with Crippen molar-refractivity contribution in [2.75, 3.05) is 45.2 Å². The van der Waals surface area contributed by atoms with Crippen LogP contribution in [0.25, 0.3) is 0 Å². The van der Waals surface area contributed by atoms with Gasteiger partial charge in [0.2, 0.25) is 5.88 Å². The van der Waals surface area contributed by atoms with Gasteiger partial charge in [-0.3, -0.25) is 0 Å². The molecule has 0 radical (unpaired) electrons. The molecule has 0 aromatic carbocycles. The molecule has 2 aliphatic heterocycles. The van der Waals surface area contributed by atoms with E-state index < -0.39 is 0 Å². The van der Waals surface area contributed by atoms with Crippen LogP contribution in [0.1, 0.15) is 0 Å². The van der Waals surface area contributed by atoms with Crippen LogP contribution in [0.5, 0.6) is 5.88 Å². The summed E-state index contributed by atoms with van der Waals surface area (Å²) in [6, 6.07) is 5.89. The second kappa shape index (κ2) is 4.74. The third-order valence-electron chi connectivity index (χ3n) is 3.51. The van der Waals surface area contributed by atoms with Crippen molar-refractivity contribution in [3.05, 3.63) is 18.2 Å². The Labute approximate surface area is 107 Å². The minimum Gasteiger partial charge on any atom is -0.481 e. The highest BCUT2D eigenvalue weighted by Crippen LogP contribution is 2.23. The fourth-order valence-electron chi connectivity index (χ4n) is 2.78. The van der Waals surface area contributed by atoms with Gasteiger partial charge in [-0.2, -0.15) is 4.98 Å². The molecule has 2 saturated heterocycles. The highest BCUT2D eigenvalue weighted by atomic mass is 16.5. The zero-order valence-corrected chi connectivity index (χ0v) is 10.9. The summed E-state index contributed by atoms with van der Waals surface area (Å²) in [6.07, 6.45) is 0.575. The average molecular weight is 249 g/mol. The number of pyridine rings is 1. The third-order valence-corrected chi connectivity index (χ3v) is 3.51. The van der Waals surface area contributed by atoms with Crippen molar-refractivity contribution in [1.82, 2.24) is 9.88 Å². The highest BCUT2D eigenvalue weighted by Gasteiger charge is 2.34. The zero-order chi connectivity index (χ0) is 12.5. The first-order valence-corrected chi connectivity index (χ1v) is 6.34. The number of methoxy groups -OCH3 is 1. The number of fused-ring (bicyclic) bond motifs is 2. The Bertz CT molecular complexity index is 408. The standard InChI is InChI=1S/C13H19N3O2/c1-15-6-10-8-16(9-11(7-15)18-10)12-4-3-5-13(14-12)17-2/h3-5,10-11H,6-9H2,1-2H3. The molecule has 0 amide bonds. The van der Waals surface area contributed by atoms with E-state index in [9.17, 15) is 0 Å². The predicted octanol–water partition coefficient (Wildman–Crippen LogP) is 0.609. The maximum Gasteiger partial charge on any atom is 0.214 e. The van der Waals surface area contributed by atoms with Gasteiger partial charge in [0.15, 0.2) is 0 Å². The SMILES string of the molecule is COc1cccc(N2CC3CN(C)CC(C2)O3)n1. The lowest BCUT2D eigenvalue weighted by Crippen LogP contribution is -2.58. The minimum absolute atomic E-state index is 0.288. The summed E-state index contributed by atoms with van der Waals surface area (Å²) >= 11 is 0. The number of ether oxygens (including phenoxy) is 2. The van der Waals surface area contributed by atoms with Crippen molar-refractivity contribution < 1.29 is 9.47 Å². The van der Waals surface area contributed by atoms with Crippen LogP contribution < -0.4 is 9.64 Å². The molecule has 0 spiro atoms. The second-order valence-electron chi connectivity index (χ2n) is 5.04. The number of aromatic nitrogens is 1. The summed E-state index contributed by atoms with van der Waals surface area (Å²) in [4.78, 5) is 9.14. The Morgan fingerprint density at radius 3 is 2.61 bits per heavy atom. The number of rotatable bonds is 2. The number of morpholine rings is 2. The normalized spacial score (nSPS) is 28.2. The Morgan fingerprint density at radius 2 is 1.94 bits per heavy atom. The molecule has 98 valence electrons. The maximum atomic E-state index is 5.96. The molecule has 2 fully saturated rings. The van der Waals surface area contributed by atoms with E-state index in [1.54, 1.807) is 7.11 Å². The Morgan fingerprint density at radius 1 is 1.22 bits per heavy atom. The fraction of sp³-hybridized carbons (Fsp3) is 0.615. The fourth-order valence-corrected chi connectivity index (χ4v) is 2.78. The smallest absolute Gasteiger partial charge is 0.214 e. The molecule has 18 heavy (non-hydrogen) atoms. The summed E-state index contributed by atoms with van der Waals surface area (Å²) in [5.74, 6) is 1.65. The summed E-state index contributed by atoms with van der Waals surface area (Å²) in [6.45, 7) is 3.80. The summed E-state index contributed by atoms with van der Waals surface area (Å²) in [5.41, 5.74) is 0. The quantitative estimate of drug-likeness (QED) is 0.768. The molecule has 1 aromatic heterocycles. The van der Waals surface area contributed by atoms with E-state index in [-0.39, 0.29) is 12.2 Å². The molecular formula is C13H19N3O2. The number of hydrogen-bond donors (Lipinski definition) is 0. The van der Waals surface area contributed by atoms with Gasteiger partial charge < -0.3 is 19.3 Å². The molecule has 0 N–H and O–H groups in total. The van der Waals surface area contributed by atoms with Crippen LogP contribution in [0.15, 0.2) is 18.2 Å². The zero-order valence-electron chi connectivity index (χ0n) is 10.9. The van der Waals surface area contributed by atoms with Gasteiger partial charge in [-0.15, -0.1) is 0 Å². The lowest BCUT2D eigenvalue weighted by atomic mass is 10.1. The van der Waals surface area contributed by atoms with E-state index in [0.29, 0.717) is 5.88 Å². The third kappa shape index (κ3) is 2.28. The molecule has 3 heterocycles. The van der Waals surface area contributed by atoms with Gasteiger partial charge >= 0.3 is 0 Å². The van der Waals surface area contributed by atoms with Gasteiger partial charge in [0.05, 0.1) is 19.3 Å². The number of anilines is 1. The Kier molecular flexibility index (Phi) is 3.09. The first-order chi connectivity index (χ1) is 8.74.